The fourth-order valence-electron chi connectivity index (χ4n) is 11.8. The van der Waals surface area contributed by atoms with Gasteiger partial charge in [0, 0.05) is 5.41 Å². The Kier molecular flexibility index (Phi) is 12.8. The number of ether oxygens (including phenoxy) is 3. The first-order valence-electron chi connectivity index (χ1n) is 21.2. The Balaban J connectivity index is 0.000000214. The van der Waals surface area contributed by atoms with Crippen molar-refractivity contribution in [3.8, 4) is 5.75 Å². The van der Waals surface area contributed by atoms with Gasteiger partial charge in [0.2, 0.25) is 0 Å². The van der Waals surface area contributed by atoms with Crippen LogP contribution in [0.25, 0.3) is 5.57 Å². The normalized spacial score (nSPS) is 28.9. The van der Waals surface area contributed by atoms with Crippen LogP contribution >= 0.6 is 0 Å². The molecule has 4 aliphatic rings. The molecule has 0 aromatic heterocycles. The molecular formula is C51H70O5. The lowest BCUT2D eigenvalue weighted by Crippen LogP contribution is -2.52. The van der Waals surface area contributed by atoms with Gasteiger partial charge in [-0.1, -0.05) is 115 Å². The van der Waals surface area contributed by atoms with Crippen molar-refractivity contribution in [2.75, 3.05) is 21.3 Å². The summed E-state index contributed by atoms with van der Waals surface area (Å²) in [6.07, 6.45) is 10.5. The number of hydrogen-bond donors (Lipinski definition) is 0. The SMILES string of the molecule is C=C(C)c1ccc2c(c1)CCC1C(C)(C(=O)OC)CCCC21C.CC.COC(=O)C1(C)CCCC2(C)c3ccc(C(C)(C)c4ccc(OC)cc4)cc3CCC12. The van der Waals surface area contributed by atoms with E-state index in [0.29, 0.717) is 11.8 Å². The van der Waals surface area contributed by atoms with Gasteiger partial charge in [0.25, 0.3) is 0 Å². The maximum absolute atomic E-state index is 12.8. The maximum Gasteiger partial charge on any atom is 0.311 e. The predicted octanol–water partition coefficient (Wildman–Crippen LogP) is 12.1. The molecule has 0 aliphatic heterocycles. The molecule has 7 rings (SSSR count). The monoisotopic (exact) mass is 763 g/mol. The molecule has 0 saturated heterocycles. The third-order valence-electron chi connectivity index (χ3n) is 15.0. The highest BCUT2D eigenvalue weighted by Gasteiger charge is 2.57. The quantitative estimate of drug-likeness (QED) is 0.234. The number of esters is 2. The van der Waals surface area contributed by atoms with Gasteiger partial charge in [0.05, 0.1) is 32.2 Å². The molecule has 6 atom stereocenters. The van der Waals surface area contributed by atoms with Crippen LogP contribution in [0.4, 0.5) is 0 Å². The molecule has 0 amide bonds. The first-order chi connectivity index (χ1) is 26.5. The molecule has 2 fully saturated rings. The van der Waals surface area contributed by atoms with E-state index in [4.69, 9.17) is 14.2 Å². The fraction of sp³-hybridized carbons (Fsp3) is 0.569. The van der Waals surface area contributed by atoms with Crippen LogP contribution < -0.4 is 4.74 Å². The van der Waals surface area contributed by atoms with Crippen LogP contribution in [0.2, 0.25) is 0 Å². The summed E-state index contributed by atoms with van der Waals surface area (Å²) in [4.78, 5) is 25.3. The molecular weight excluding hydrogens is 693 g/mol. The van der Waals surface area contributed by atoms with Crippen molar-refractivity contribution in [2.45, 2.75) is 143 Å². The fourth-order valence-corrected chi connectivity index (χ4v) is 11.8. The Morgan fingerprint density at radius 3 is 1.55 bits per heavy atom. The van der Waals surface area contributed by atoms with Gasteiger partial charge in [-0.3, -0.25) is 9.59 Å². The number of fused-ring (bicyclic) bond motifs is 6. The van der Waals surface area contributed by atoms with E-state index in [1.54, 1.807) is 7.11 Å². The van der Waals surface area contributed by atoms with Gasteiger partial charge in [-0.25, -0.2) is 0 Å². The van der Waals surface area contributed by atoms with Crippen LogP contribution in [0.5, 0.6) is 5.75 Å². The number of rotatable bonds is 6. The highest BCUT2D eigenvalue weighted by Crippen LogP contribution is 2.59. The molecule has 2 saturated carbocycles. The van der Waals surface area contributed by atoms with Crippen LogP contribution in [0.1, 0.15) is 153 Å². The molecule has 4 aliphatic carbocycles. The van der Waals surface area contributed by atoms with E-state index in [9.17, 15) is 9.59 Å². The van der Waals surface area contributed by atoms with E-state index < -0.39 is 0 Å². The maximum atomic E-state index is 12.8. The van der Waals surface area contributed by atoms with Crippen molar-refractivity contribution in [3.63, 3.8) is 0 Å². The van der Waals surface area contributed by atoms with E-state index in [1.807, 2.05) is 26.0 Å². The van der Waals surface area contributed by atoms with Gasteiger partial charge in [-0.05, 0) is 146 Å². The number of carbonyl (C=O) groups is 2. The second-order valence-electron chi connectivity index (χ2n) is 18.4. The van der Waals surface area contributed by atoms with E-state index in [1.165, 1.54) is 53.2 Å². The third-order valence-corrected chi connectivity index (χ3v) is 15.0. The van der Waals surface area contributed by atoms with Gasteiger partial charge in [-0.2, -0.15) is 0 Å². The van der Waals surface area contributed by atoms with Crippen molar-refractivity contribution in [2.24, 2.45) is 22.7 Å². The predicted molar refractivity (Wildman–Crippen MR) is 230 cm³/mol. The third kappa shape index (κ3) is 7.37. The lowest BCUT2D eigenvalue weighted by atomic mass is 9.49. The van der Waals surface area contributed by atoms with Crippen molar-refractivity contribution in [1.29, 1.82) is 0 Å². The Bertz CT molecular complexity index is 1910. The van der Waals surface area contributed by atoms with Crippen LogP contribution in [-0.2, 0) is 48.1 Å². The average molecular weight is 763 g/mol. The van der Waals surface area contributed by atoms with Crippen molar-refractivity contribution >= 4 is 17.5 Å². The first-order valence-corrected chi connectivity index (χ1v) is 21.2. The molecule has 0 heterocycles. The topological polar surface area (TPSA) is 61.8 Å². The highest BCUT2D eigenvalue weighted by atomic mass is 16.5. The van der Waals surface area contributed by atoms with E-state index >= 15 is 0 Å². The Morgan fingerprint density at radius 2 is 1.11 bits per heavy atom. The second-order valence-corrected chi connectivity index (χ2v) is 18.4. The van der Waals surface area contributed by atoms with Gasteiger partial charge in [0.15, 0.2) is 0 Å². The molecule has 6 unspecified atom stereocenters. The summed E-state index contributed by atoms with van der Waals surface area (Å²) in [6, 6.07) is 22.3. The second kappa shape index (κ2) is 16.5. The zero-order chi connectivity index (χ0) is 41.3. The summed E-state index contributed by atoms with van der Waals surface area (Å²) in [6.45, 7) is 23.7. The largest absolute Gasteiger partial charge is 0.497 e. The van der Waals surface area contributed by atoms with Gasteiger partial charge in [0.1, 0.15) is 5.75 Å². The minimum atomic E-state index is -0.388. The van der Waals surface area contributed by atoms with E-state index in [2.05, 4.69) is 104 Å². The molecule has 5 nitrogen and oxygen atoms in total. The smallest absolute Gasteiger partial charge is 0.311 e. The van der Waals surface area contributed by atoms with Crippen LogP contribution in [0.3, 0.4) is 0 Å². The zero-order valence-corrected chi connectivity index (χ0v) is 36.7. The number of allylic oxidation sites excluding steroid dienone is 1. The number of hydrogen-bond acceptors (Lipinski definition) is 5. The van der Waals surface area contributed by atoms with Crippen molar-refractivity contribution in [1.82, 2.24) is 0 Å². The zero-order valence-electron chi connectivity index (χ0n) is 36.7. The van der Waals surface area contributed by atoms with Crippen molar-refractivity contribution in [3.05, 3.63) is 106 Å². The van der Waals surface area contributed by atoms with Gasteiger partial charge in [-0.15, -0.1) is 0 Å². The molecule has 0 radical (unpaired) electrons. The Labute approximate surface area is 339 Å². The van der Waals surface area contributed by atoms with Crippen LogP contribution in [0, 0.1) is 22.7 Å². The van der Waals surface area contributed by atoms with Crippen LogP contribution in [0.15, 0.2) is 67.2 Å². The number of aryl methyl sites for hydroxylation is 2. The summed E-state index contributed by atoms with van der Waals surface area (Å²) in [5.74, 6) is 1.50. The molecule has 304 valence electrons. The minimum absolute atomic E-state index is 0.0254. The molecule has 0 spiro atoms. The van der Waals surface area contributed by atoms with Gasteiger partial charge < -0.3 is 14.2 Å². The summed E-state index contributed by atoms with van der Waals surface area (Å²) < 4.78 is 15.8. The lowest BCUT2D eigenvalue weighted by Gasteiger charge is -2.54. The molecule has 3 aromatic rings. The van der Waals surface area contributed by atoms with E-state index in [-0.39, 0.29) is 39.0 Å². The molecule has 5 heteroatoms. The average Bonchev–Trinajstić information content (AvgIpc) is 3.20. The molecule has 0 N–H and O–H groups in total. The summed E-state index contributed by atoms with van der Waals surface area (Å²) in [7, 11) is 4.76. The number of methoxy groups -OCH3 is 3. The Morgan fingerprint density at radius 1 is 0.661 bits per heavy atom. The summed E-state index contributed by atoms with van der Waals surface area (Å²) in [5.41, 5.74) is 10.0. The van der Waals surface area contributed by atoms with Gasteiger partial charge >= 0.3 is 11.9 Å². The summed E-state index contributed by atoms with van der Waals surface area (Å²) in [5, 5.41) is 0. The minimum Gasteiger partial charge on any atom is -0.497 e. The number of carbonyl (C=O) groups excluding carboxylic acids is 2. The number of benzene rings is 3. The van der Waals surface area contributed by atoms with Crippen molar-refractivity contribution < 1.29 is 23.8 Å². The standard InChI is InChI=1S/C28H36O3.C21H28O2.C2H6/c1-26(2,20-9-12-22(30-5)13-10-20)21-11-14-23-19(18-21)8-15-24-27(23,3)16-7-17-28(24,4)25(29)31-6;1-14(2)15-7-9-17-16(13-15)8-10-18-20(17,3)11-6-12-21(18,4)19(22)23-5;1-2/h9-14,18,24H,7-8,15-17H2,1-6H3;7,9,13,18H,1,6,8,10-12H2,2-5H3;1-2H3. The molecule has 3 aromatic carbocycles. The Hall–Kier alpha value is -3.86. The first kappa shape index (κ1) is 43.3. The molecule has 56 heavy (non-hydrogen) atoms. The lowest BCUT2D eigenvalue weighted by molar-refractivity contribution is -0.162. The van der Waals surface area contributed by atoms with E-state index in [0.717, 1.165) is 75.5 Å². The summed E-state index contributed by atoms with van der Waals surface area (Å²) >= 11 is 0. The highest BCUT2D eigenvalue weighted by molar-refractivity contribution is 5.78. The van der Waals surface area contributed by atoms with Crippen LogP contribution in [-0.4, -0.2) is 33.3 Å². The molecule has 0 bridgehead atoms.